The topological polar surface area (TPSA) is 68.0 Å². The lowest BCUT2D eigenvalue weighted by Crippen LogP contribution is -2.12. The summed E-state index contributed by atoms with van der Waals surface area (Å²) in [6.07, 6.45) is 1.17. The number of aryl methyl sites for hydroxylation is 2. The number of aromatic nitrogens is 1. The zero-order valence-electron chi connectivity index (χ0n) is 13.5. The molecule has 0 radical (unpaired) electrons. The van der Waals surface area contributed by atoms with Crippen molar-refractivity contribution in [1.29, 1.82) is 0 Å². The van der Waals surface area contributed by atoms with Gasteiger partial charge in [-0.05, 0) is 31.0 Å². The van der Waals surface area contributed by atoms with Crippen LogP contribution in [0.1, 0.15) is 17.5 Å². The van der Waals surface area contributed by atoms with E-state index in [0.29, 0.717) is 11.6 Å². The fourth-order valence-electron chi connectivity index (χ4n) is 2.31. The van der Waals surface area contributed by atoms with Gasteiger partial charge in [-0.3, -0.25) is 4.79 Å². The molecule has 0 atom stereocenters. The summed E-state index contributed by atoms with van der Waals surface area (Å²) in [5, 5.41) is 5.42. The standard InChI is InChI=1S/C19H19N3OS/c1-13-2-4-14(5-3-13)6-11-18(23)22-19-21-17(12-24-19)15-7-9-16(20)10-8-15/h2-5,7-10,12H,6,11,20H2,1H3,(H,21,22,23). The number of hydrogen-bond acceptors (Lipinski definition) is 4. The Hall–Kier alpha value is -2.66. The first-order valence-electron chi connectivity index (χ1n) is 7.77. The zero-order valence-corrected chi connectivity index (χ0v) is 14.3. The molecule has 4 nitrogen and oxygen atoms in total. The van der Waals surface area contributed by atoms with Gasteiger partial charge < -0.3 is 11.1 Å². The number of rotatable bonds is 5. The number of nitrogens with two attached hydrogens (primary N) is 1. The number of benzene rings is 2. The van der Waals surface area contributed by atoms with Crippen LogP contribution in [-0.4, -0.2) is 10.9 Å². The van der Waals surface area contributed by atoms with E-state index >= 15 is 0 Å². The van der Waals surface area contributed by atoms with Crippen molar-refractivity contribution in [2.75, 3.05) is 11.1 Å². The first-order chi connectivity index (χ1) is 11.6. The van der Waals surface area contributed by atoms with Crippen LogP contribution in [0.5, 0.6) is 0 Å². The highest BCUT2D eigenvalue weighted by Gasteiger charge is 2.08. The molecule has 3 N–H and O–H groups in total. The number of carbonyl (C=O) groups is 1. The molecule has 122 valence electrons. The predicted molar refractivity (Wildman–Crippen MR) is 100 cm³/mol. The molecule has 0 aliphatic heterocycles. The van der Waals surface area contributed by atoms with Crippen molar-refractivity contribution in [3.8, 4) is 11.3 Å². The van der Waals surface area contributed by atoms with Gasteiger partial charge in [0.15, 0.2) is 5.13 Å². The Balaban J connectivity index is 1.57. The van der Waals surface area contributed by atoms with E-state index in [2.05, 4.69) is 41.5 Å². The average molecular weight is 337 g/mol. The molecule has 0 saturated heterocycles. The van der Waals surface area contributed by atoms with Gasteiger partial charge in [-0.2, -0.15) is 0 Å². The molecule has 0 spiro atoms. The van der Waals surface area contributed by atoms with Gasteiger partial charge in [0.2, 0.25) is 5.91 Å². The third kappa shape index (κ3) is 4.20. The average Bonchev–Trinajstić information content (AvgIpc) is 3.03. The highest BCUT2D eigenvalue weighted by atomic mass is 32.1. The molecule has 3 aromatic rings. The molecule has 0 bridgehead atoms. The number of hydrogen-bond donors (Lipinski definition) is 2. The van der Waals surface area contributed by atoms with Gasteiger partial charge >= 0.3 is 0 Å². The maximum absolute atomic E-state index is 12.1. The molecule has 0 unspecified atom stereocenters. The summed E-state index contributed by atoms with van der Waals surface area (Å²) in [4.78, 5) is 16.5. The molecular formula is C19H19N3OS. The smallest absolute Gasteiger partial charge is 0.226 e. The number of nitrogens with one attached hydrogen (secondary N) is 1. The second-order valence-electron chi connectivity index (χ2n) is 5.69. The molecule has 0 aliphatic rings. The molecule has 1 amide bonds. The largest absolute Gasteiger partial charge is 0.399 e. The van der Waals surface area contributed by atoms with Crippen molar-refractivity contribution < 1.29 is 4.79 Å². The third-order valence-corrected chi connectivity index (χ3v) is 4.48. The first-order valence-corrected chi connectivity index (χ1v) is 8.65. The van der Waals surface area contributed by atoms with Gasteiger partial charge in [0.25, 0.3) is 0 Å². The highest BCUT2D eigenvalue weighted by molar-refractivity contribution is 7.14. The lowest BCUT2D eigenvalue weighted by Gasteiger charge is -2.03. The summed E-state index contributed by atoms with van der Waals surface area (Å²) >= 11 is 1.43. The fraction of sp³-hybridized carbons (Fsp3) is 0.158. The summed E-state index contributed by atoms with van der Waals surface area (Å²) in [5.74, 6) is -0.0196. The van der Waals surface area contributed by atoms with Gasteiger partial charge in [0.05, 0.1) is 5.69 Å². The van der Waals surface area contributed by atoms with Gasteiger partial charge in [-0.25, -0.2) is 4.98 Å². The van der Waals surface area contributed by atoms with Gasteiger partial charge in [-0.15, -0.1) is 11.3 Å². The SMILES string of the molecule is Cc1ccc(CCC(=O)Nc2nc(-c3ccc(N)cc3)cs2)cc1. The minimum Gasteiger partial charge on any atom is -0.399 e. The van der Waals surface area contributed by atoms with Crippen molar-refractivity contribution >= 4 is 28.1 Å². The Morgan fingerprint density at radius 1 is 1.12 bits per heavy atom. The van der Waals surface area contributed by atoms with Crippen LogP contribution in [-0.2, 0) is 11.2 Å². The summed E-state index contributed by atoms with van der Waals surface area (Å²) in [5.41, 5.74) is 10.6. The van der Waals surface area contributed by atoms with E-state index in [9.17, 15) is 4.79 Å². The van der Waals surface area contributed by atoms with Crippen LogP contribution < -0.4 is 11.1 Å². The van der Waals surface area contributed by atoms with E-state index in [1.54, 1.807) is 0 Å². The summed E-state index contributed by atoms with van der Waals surface area (Å²) in [6.45, 7) is 2.05. The quantitative estimate of drug-likeness (QED) is 0.683. The molecule has 0 fully saturated rings. The second-order valence-corrected chi connectivity index (χ2v) is 6.55. The molecule has 0 saturated carbocycles. The van der Waals surface area contributed by atoms with E-state index in [1.807, 2.05) is 29.6 Å². The van der Waals surface area contributed by atoms with E-state index in [0.717, 1.165) is 28.9 Å². The summed E-state index contributed by atoms with van der Waals surface area (Å²) < 4.78 is 0. The molecular weight excluding hydrogens is 318 g/mol. The Bertz CT molecular complexity index is 823. The lowest BCUT2D eigenvalue weighted by molar-refractivity contribution is -0.116. The molecule has 1 heterocycles. The van der Waals surface area contributed by atoms with Gasteiger partial charge in [-0.1, -0.05) is 42.0 Å². The van der Waals surface area contributed by atoms with Crippen LogP contribution in [0.15, 0.2) is 53.9 Å². The van der Waals surface area contributed by atoms with Crippen molar-refractivity contribution in [3.63, 3.8) is 0 Å². The van der Waals surface area contributed by atoms with Crippen LogP contribution >= 0.6 is 11.3 Å². The molecule has 24 heavy (non-hydrogen) atoms. The zero-order chi connectivity index (χ0) is 16.9. The first kappa shape index (κ1) is 16.2. The number of anilines is 2. The third-order valence-electron chi connectivity index (χ3n) is 3.72. The van der Waals surface area contributed by atoms with Gasteiger partial charge in [0.1, 0.15) is 0 Å². The lowest BCUT2D eigenvalue weighted by atomic mass is 10.1. The molecule has 3 rings (SSSR count). The maximum Gasteiger partial charge on any atom is 0.226 e. The summed E-state index contributed by atoms with van der Waals surface area (Å²) in [7, 11) is 0. The van der Waals surface area contributed by atoms with E-state index in [4.69, 9.17) is 5.73 Å². The highest BCUT2D eigenvalue weighted by Crippen LogP contribution is 2.25. The number of carbonyl (C=O) groups excluding carboxylic acids is 1. The minimum absolute atomic E-state index is 0.0196. The monoisotopic (exact) mass is 337 g/mol. The van der Waals surface area contributed by atoms with Crippen molar-refractivity contribution in [1.82, 2.24) is 4.98 Å². The predicted octanol–water partition coefficient (Wildman–Crippen LogP) is 4.27. The Labute approximate surface area is 145 Å². The second kappa shape index (κ2) is 7.27. The fourth-order valence-corrected chi connectivity index (χ4v) is 3.05. The Kier molecular flexibility index (Phi) is 4.91. The van der Waals surface area contributed by atoms with E-state index in [1.165, 1.54) is 16.9 Å². The number of nitrogen functional groups attached to an aromatic ring is 1. The molecule has 1 aromatic heterocycles. The minimum atomic E-state index is -0.0196. The number of thiazole rings is 1. The normalized spacial score (nSPS) is 10.5. The Morgan fingerprint density at radius 2 is 1.83 bits per heavy atom. The number of nitrogens with zero attached hydrogens (tertiary/aromatic N) is 1. The molecule has 5 heteroatoms. The van der Waals surface area contributed by atoms with Crippen LogP contribution in [0, 0.1) is 6.92 Å². The van der Waals surface area contributed by atoms with E-state index in [-0.39, 0.29) is 5.91 Å². The maximum atomic E-state index is 12.1. The van der Waals surface area contributed by atoms with Crippen LogP contribution in [0.2, 0.25) is 0 Å². The summed E-state index contributed by atoms with van der Waals surface area (Å²) in [6, 6.07) is 15.8. The van der Waals surface area contributed by atoms with Crippen LogP contribution in [0.25, 0.3) is 11.3 Å². The Morgan fingerprint density at radius 3 is 2.54 bits per heavy atom. The van der Waals surface area contributed by atoms with Gasteiger partial charge in [0, 0.05) is 23.1 Å². The van der Waals surface area contributed by atoms with E-state index < -0.39 is 0 Å². The number of amides is 1. The molecule has 2 aromatic carbocycles. The van der Waals surface area contributed by atoms with Crippen molar-refractivity contribution in [2.24, 2.45) is 0 Å². The molecule has 0 aliphatic carbocycles. The van der Waals surface area contributed by atoms with Crippen LogP contribution in [0.4, 0.5) is 10.8 Å². The van der Waals surface area contributed by atoms with Crippen molar-refractivity contribution in [2.45, 2.75) is 19.8 Å². The van der Waals surface area contributed by atoms with Crippen LogP contribution in [0.3, 0.4) is 0 Å². The van der Waals surface area contributed by atoms with Crippen molar-refractivity contribution in [3.05, 3.63) is 65.0 Å².